The van der Waals surface area contributed by atoms with Gasteiger partial charge in [-0.2, -0.15) is 0 Å². The first-order chi connectivity index (χ1) is 17.7. The summed E-state index contributed by atoms with van der Waals surface area (Å²) in [6.45, 7) is 1.39. The number of carbonyl (C=O) groups excluding carboxylic acids is 1. The molecule has 37 heavy (non-hydrogen) atoms. The van der Waals surface area contributed by atoms with Gasteiger partial charge in [0.05, 0.1) is 17.7 Å². The molecule has 3 atom stereocenters. The number of halogens is 3. The molecule has 8 nitrogen and oxygen atoms in total. The van der Waals surface area contributed by atoms with Crippen LogP contribution < -0.4 is 16.0 Å². The van der Waals surface area contributed by atoms with Gasteiger partial charge in [0.1, 0.15) is 11.5 Å². The van der Waals surface area contributed by atoms with Crippen molar-refractivity contribution in [3.63, 3.8) is 0 Å². The number of alkyl halides is 1. The predicted octanol–water partition coefficient (Wildman–Crippen LogP) is 4.88. The first-order valence-electron chi connectivity index (χ1n) is 13.1. The first-order valence-corrected chi connectivity index (χ1v) is 13.5. The summed E-state index contributed by atoms with van der Waals surface area (Å²) < 4.78 is 36.3. The minimum absolute atomic E-state index is 0.0297. The Morgan fingerprint density at radius 2 is 2.03 bits per heavy atom. The second-order valence-corrected chi connectivity index (χ2v) is 10.5. The van der Waals surface area contributed by atoms with Gasteiger partial charge in [-0.05, 0) is 38.8 Å². The van der Waals surface area contributed by atoms with Gasteiger partial charge in [-0.25, -0.2) is 18.4 Å². The van der Waals surface area contributed by atoms with Crippen LogP contribution >= 0.6 is 11.6 Å². The molecule has 0 bridgehead atoms. The van der Waals surface area contributed by atoms with Crippen LogP contribution in [0.2, 0.25) is 5.02 Å². The van der Waals surface area contributed by atoms with Gasteiger partial charge in [-0.1, -0.05) is 43.0 Å². The van der Waals surface area contributed by atoms with Gasteiger partial charge in [0.2, 0.25) is 0 Å². The lowest BCUT2D eigenvalue weighted by atomic mass is 9.82. The molecule has 4 N–H and O–H groups in total. The van der Waals surface area contributed by atoms with E-state index in [1.54, 1.807) is 24.1 Å². The Balaban J connectivity index is 1.68. The van der Waals surface area contributed by atoms with Gasteiger partial charge in [-0.15, -0.1) is 0 Å². The highest BCUT2D eigenvalue weighted by molar-refractivity contribution is 6.30. The lowest BCUT2D eigenvalue weighted by Crippen LogP contribution is -2.53. The van der Waals surface area contributed by atoms with Crippen LogP contribution in [0, 0.1) is 11.7 Å². The fourth-order valence-corrected chi connectivity index (χ4v) is 5.70. The van der Waals surface area contributed by atoms with Crippen molar-refractivity contribution in [1.29, 1.82) is 0 Å². The molecule has 0 spiro atoms. The van der Waals surface area contributed by atoms with Crippen LogP contribution in [0.5, 0.6) is 0 Å². The number of likely N-dealkylation sites (N-methyl/N-ethyl adjacent to an activating group) is 1. The van der Waals surface area contributed by atoms with Crippen LogP contribution in [0.15, 0.2) is 18.2 Å². The van der Waals surface area contributed by atoms with E-state index in [4.69, 9.17) is 21.4 Å². The molecule has 1 saturated heterocycles. The normalized spacial score (nSPS) is 21.2. The molecule has 1 aliphatic carbocycles. The maximum atomic E-state index is 15.4. The number of nitrogens with zero attached hydrogens (tertiary/aromatic N) is 1. The number of amides is 3. The van der Waals surface area contributed by atoms with E-state index >= 15 is 4.39 Å². The molecule has 11 heteroatoms. The summed E-state index contributed by atoms with van der Waals surface area (Å²) in [5, 5.41) is 17.1. The zero-order valence-corrected chi connectivity index (χ0v) is 22.2. The van der Waals surface area contributed by atoms with Gasteiger partial charge in [-0.3, -0.25) is 0 Å². The highest BCUT2D eigenvalue weighted by atomic mass is 35.5. The summed E-state index contributed by atoms with van der Waals surface area (Å²) in [6.07, 6.45) is 3.61. The molecule has 1 heterocycles. The number of ether oxygens (including phenoxy) is 1. The highest BCUT2D eigenvalue weighted by Crippen LogP contribution is 2.37. The van der Waals surface area contributed by atoms with Gasteiger partial charge in [0.25, 0.3) is 0 Å². The molecule has 3 rings (SSSR count). The number of hydrogen-bond donors (Lipinski definition) is 4. The van der Waals surface area contributed by atoms with Crippen LogP contribution in [0.1, 0.15) is 63.0 Å². The Kier molecular flexibility index (Phi) is 11.2. The van der Waals surface area contributed by atoms with Gasteiger partial charge in [0, 0.05) is 50.1 Å². The number of benzene rings is 1. The summed E-state index contributed by atoms with van der Waals surface area (Å²) >= 11 is 6.03. The SMILES string of the molecule is CNCC(CC1(F)CCCCC1)NC(=O)N1CCC[C@@H]([C@@H](OCCNC(=O)O)c2cccc(Cl)c2F)C1. The molecule has 1 aromatic rings. The molecule has 3 amide bonds. The molecule has 1 unspecified atom stereocenters. The second kappa shape index (κ2) is 14.1. The van der Waals surface area contributed by atoms with E-state index in [2.05, 4.69) is 16.0 Å². The van der Waals surface area contributed by atoms with Gasteiger partial charge < -0.3 is 30.7 Å². The number of hydrogen-bond acceptors (Lipinski definition) is 4. The van der Waals surface area contributed by atoms with Crippen LogP contribution in [0.3, 0.4) is 0 Å². The standard InChI is InChI=1S/C26H39ClF2N4O4/c1-30-16-19(15-26(29)10-3-2-4-11-26)32-24(34)33-13-6-7-18(17-33)23(37-14-12-31-25(35)36)20-8-5-9-21(27)22(20)28/h5,8-9,18-19,23,30-31H,2-4,6-7,10-17H2,1H3,(H,32,34)(H,35,36)/t18-,19?,23-/m1/s1. The average molecular weight is 545 g/mol. The number of nitrogens with one attached hydrogen (secondary N) is 3. The van der Waals surface area contributed by atoms with E-state index in [-0.39, 0.29) is 48.1 Å². The number of piperidine rings is 1. The Morgan fingerprint density at radius 1 is 1.27 bits per heavy atom. The van der Waals surface area contributed by atoms with E-state index in [9.17, 15) is 14.0 Å². The molecule has 1 aromatic carbocycles. The molecule has 2 fully saturated rings. The minimum Gasteiger partial charge on any atom is -0.465 e. The van der Waals surface area contributed by atoms with E-state index in [0.717, 1.165) is 19.3 Å². The van der Waals surface area contributed by atoms with E-state index < -0.39 is 23.7 Å². The third-order valence-corrected chi connectivity index (χ3v) is 7.57. The van der Waals surface area contributed by atoms with Crippen LogP contribution in [0.4, 0.5) is 18.4 Å². The Hall–Kier alpha value is -2.17. The quantitative estimate of drug-likeness (QED) is 0.297. The smallest absolute Gasteiger partial charge is 0.404 e. The zero-order chi connectivity index (χ0) is 26.8. The van der Waals surface area contributed by atoms with Crippen molar-refractivity contribution < 1.29 is 28.2 Å². The lowest BCUT2D eigenvalue weighted by Gasteiger charge is -2.38. The lowest BCUT2D eigenvalue weighted by molar-refractivity contribution is -0.0106. The number of carboxylic acid groups (broad SMARTS) is 1. The fourth-order valence-electron chi connectivity index (χ4n) is 5.52. The maximum Gasteiger partial charge on any atom is 0.404 e. The highest BCUT2D eigenvalue weighted by Gasteiger charge is 2.37. The van der Waals surface area contributed by atoms with Crippen LogP contribution in [-0.2, 0) is 4.74 Å². The zero-order valence-electron chi connectivity index (χ0n) is 21.4. The summed E-state index contributed by atoms with van der Waals surface area (Å²) in [7, 11) is 1.78. The summed E-state index contributed by atoms with van der Waals surface area (Å²) in [5.41, 5.74) is -0.982. The summed E-state index contributed by atoms with van der Waals surface area (Å²) in [6, 6.07) is 4.07. The van der Waals surface area contributed by atoms with Crippen molar-refractivity contribution in [3.05, 3.63) is 34.6 Å². The van der Waals surface area contributed by atoms with Crippen LogP contribution in [0.25, 0.3) is 0 Å². The van der Waals surface area contributed by atoms with E-state index in [0.29, 0.717) is 45.3 Å². The third-order valence-electron chi connectivity index (χ3n) is 7.28. The number of urea groups is 1. The van der Waals surface area contributed by atoms with Crippen molar-refractivity contribution in [3.8, 4) is 0 Å². The summed E-state index contributed by atoms with van der Waals surface area (Å²) in [5.74, 6) is -0.817. The molecule has 0 radical (unpaired) electrons. The minimum atomic E-state index is -1.26. The monoisotopic (exact) mass is 544 g/mol. The molecular formula is C26H39ClF2N4O4. The Morgan fingerprint density at radius 3 is 2.73 bits per heavy atom. The van der Waals surface area contributed by atoms with Crippen molar-refractivity contribution in [1.82, 2.24) is 20.9 Å². The summed E-state index contributed by atoms with van der Waals surface area (Å²) in [4.78, 5) is 25.7. The molecule has 2 aliphatic rings. The van der Waals surface area contributed by atoms with Crippen molar-refractivity contribution in [2.45, 2.75) is 69.2 Å². The maximum absolute atomic E-state index is 15.4. The molecule has 0 aromatic heterocycles. The molecule has 1 aliphatic heterocycles. The number of rotatable bonds is 11. The van der Waals surface area contributed by atoms with E-state index in [1.807, 2.05) is 0 Å². The second-order valence-electron chi connectivity index (χ2n) is 10.1. The van der Waals surface area contributed by atoms with Gasteiger partial charge in [0.15, 0.2) is 0 Å². The molecule has 1 saturated carbocycles. The van der Waals surface area contributed by atoms with Crippen LogP contribution in [-0.4, -0.2) is 73.7 Å². The third kappa shape index (κ3) is 8.68. The molecular weight excluding hydrogens is 506 g/mol. The Labute approximate surface area is 222 Å². The molecule has 208 valence electrons. The van der Waals surface area contributed by atoms with Gasteiger partial charge >= 0.3 is 12.1 Å². The van der Waals surface area contributed by atoms with Crippen molar-refractivity contribution in [2.24, 2.45) is 5.92 Å². The first kappa shape index (κ1) is 29.4. The van der Waals surface area contributed by atoms with Crippen molar-refractivity contribution >= 4 is 23.7 Å². The largest absolute Gasteiger partial charge is 0.465 e. The van der Waals surface area contributed by atoms with Crippen molar-refractivity contribution in [2.75, 3.05) is 39.8 Å². The van der Waals surface area contributed by atoms with E-state index in [1.165, 1.54) is 6.07 Å². The topological polar surface area (TPSA) is 103 Å². The average Bonchev–Trinajstić information content (AvgIpc) is 2.86. The number of likely N-dealkylation sites (tertiary alicyclic amines) is 1. The predicted molar refractivity (Wildman–Crippen MR) is 138 cm³/mol. The number of carbonyl (C=O) groups is 2. The fraction of sp³-hybridized carbons (Fsp3) is 0.692. The Bertz CT molecular complexity index is 903.